The first-order chi connectivity index (χ1) is 6.37. The van der Waals surface area contributed by atoms with Crippen molar-refractivity contribution >= 4 is 0 Å². The Hall–Kier alpha value is -0.930. The maximum atomic E-state index is 5.27. The lowest BCUT2D eigenvalue weighted by atomic mass is 9.82. The predicted molar refractivity (Wildman–Crippen MR) is 50.7 cm³/mol. The monoisotopic (exact) mass is 178 g/mol. The molecule has 3 nitrogen and oxygen atoms in total. The largest absolute Gasteiger partial charge is 0.379 e. The minimum Gasteiger partial charge on any atom is -0.379 e. The van der Waals surface area contributed by atoms with Crippen molar-refractivity contribution in [3.05, 3.63) is 30.1 Å². The number of pyridine rings is 1. The smallest absolute Gasteiger partial charge is 0.0716 e. The van der Waals surface area contributed by atoms with Crippen molar-refractivity contribution in [1.29, 1.82) is 0 Å². The van der Waals surface area contributed by atoms with Gasteiger partial charge in [0.05, 0.1) is 24.3 Å². The molecule has 2 heterocycles. The van der Waals surface area contributed by atoms with E-state index in [9.17, 15) is 0 Å². The van der Waals surface area contributed by atoms with Crippen LogP contribution in [-0.2, 0) is 10.2 Å². The van der Waals surface area contributed by atoms with E-state index in [1.807, 2.05) is 25.4 Å². The third-order valence-electron chi connectivity index (χ3n) is 2.48. The second-order valence-electron chi connectivity index (χ2n) is 3.52. The molecule has 1 N–H and O–H groups in total. The fraction of sp³-hybridized carbons (Fsp3) is 0.500. The standard InChI is InChI=1S/C10H14N2O/c1-11-6-10(7-13-8-10)9-4-2-3-5-12-9/h2-5,11H,6-8H2,1H3. The summed E-state index contributed by atoms with van der Waals surface area (Å²) in [7, 11) is 1.96. The number of likely N-dealkylation sites (N-methyl/N-ethyl adjacent to an activating group) is 1. The SMILES string of the molecule is CNCC1(c2ccccn2)COC1. The van der Waals surface area contributed by atoms with E-state index >= 15 is 0 Å². The van der Waals surface area contributed by atoms with E-state index < -0.39 is 0 Å². The van der Waals surface area contributed by atoms with Gasteiger partial charge in [-0.25, -0.2) is 0 Å². The average Bonchev–Trinajstić information content (AvgIpc) is 2.13. The zero-order valence-electron chi connectivity index (χ0n) is 7.79. The second-order valence-corrected chi connectivity index (χ2v) is 3.52. The number of hydrogen-bond donors (Lipinski definition) is 1. The van der Waals surface area contributed by atoms with Gasteiger partial charge in [0.1, 0.15) is 0 Å². The van der Waals surface area contributed by atoms with E-state index in [1.54, 1.807) is 0 Å². The van der Waals surface area contributed by atoms with Crippen molar-refractivity contribution in [1.82, 2.24) is 10.3 Å². The summed E-state index contributed by atoms with van der Waals surface area (Å²) in [6.45, 7) is 2.50. The summed E-state index contributed by atoms with van der Waals surface area (Å²) in [5.41, 5.74) is 1.26. The van der Waals surface area contributed by atoms with E-state index in [4.69, 9.17) is 4.74 Å². The molecule has 0 bridgehead atoms. The molecular formula is C10H14N2O. The van der Waals surface area contributed by atoms with Crippen LogP contribution in [0.5, 0.6) is 0 Å². The average molecular weight is 178 g/mol. The Morgan fingerprint density at radius 1 is 1.54 bits per heavy atom. The Morgan fingerprint density at radius 3 is 2.85 bits per heavy atom. The summed E-state index contributed by atoms with van der Waals surface area (Å²) in [6.07, 6.45) is 1.84. The van der Waals surface area contributed by atoms with Crippen LogP contribution in [0.25, 0.3) is 0 Å². The molecule has 1 aliphatic rings. The lowest BCUT2D eigenvalue weighted by Crippen LogP contribution is -2.53. The fourth-order valence-corrected chi connectivity index (χ4v) is 1.70. The van der Waals surface area contributed by atoms with Crippen molar-refractivity contribution in [3.8, 4) is 0 Å². The Balaban J connectivity index is 2.22. The second kappa shape index (κ2) is 3.44. The number of ether oxygens (including phenoxy) is 1. The summed E-state index contributed by atoms with van der Waals surface area (Å²) in [5, 5.41) is 3.19. The summed E-state index contributed by atoms with van der Waals surface area (Å²) in [4.78, 5) is 4.37. The lowest BCUT2D eigenvalue weighted by molar-refractivity contribution is -0.0603. The molecule has 0 radical (unpaired) electrons. The van der Waals surface area contributed by atoms with Gasteiger partial charge in [-0.1, -0.05) is 6.07 Å². The van der Waals surface area contributed by atoms with Crippen LogP contribution in [0.1, 0.15) is 5.69 Å². The Labute approximate surface area is 78.1 Å². The van der Waals surface area contributed by atoms with Crippen molar-refractivity contribution in [3.63, 3.8) is 0 Å². The van der Waals surface area contributed by atoms with Crippen LogP contribution in [0.4, 0.5) is 0 Å². The first-order valence-electron chi connectivity index (χ1n) is 4.51. The van der Waals surface area contributed by atoms with Crippen LogP contribution < -0.4 is 5.32 Å². The Bertz CT molecular complexity index is 270. The highest BCUT2D eigenvalue weighted by atomic mass is 16.5. The van der Waals surface area contributed by atoms with Crippen LogP contribution in [0.15, 0.2) is 24.4 Å². The molecule has 0 amide bonds. The Morgan fingerprint density at radius 2 is 2.38 bits per heavy atom. The predicted octanol–water partition coefficient (Wildman–Crippen LogP) is 0.569. The van der Waals surface area contributed by atoms with E-state index in [0.717, 1.165) is 25.5 Å². The van der Waals surface area contributed by atoms with Gasteiger partial charge in [0.2, 0.25) is 0 Å². The molecule has 1 aromatic rings. The summed E-state index contributed by atoms with van der Waals surface area (Å²) >= 11 is 0. The highest BCUT2D eigenvalue weighted by Crippen LogP contribution is 2.29. The van der Waals surface area contributed by atoms with Gasteiger partial charge in [-0.15, -0.1) is 0 Å². The van der Waals surface area contributed by atoms with Gasteiger partial charge in [-0.05, 0) is 19.2 Å². The van der Waals surface area contributed by atoms with Crippen LogP contribution >= 0.6 is 0 Å². The molecule has 13 heavy (non-hydrogen) atoms. The molecule has 0 unspecified atom stereocenters. The van der Waals surface area contributed by atoms with Crippen LogP contribution in [0.3, 0.4) is 0 Å². The van der Waals surface area contributed by atoms with Crippen molar-refractivity contribution in [2.45, 2.75) is 5.41 Å². The van der Waals surface area contributed by atoms with Crippen LogP contribution in [0, 0.1) is 0 Å². The highest BCUT2D eigenvalue weighted by molar-refractivity contribution is 5.21. The third-order valence-corrected chi connectivity index (χ3v) is 2.48. The Kier molecular flexibility index (Phi) is 2.29. The first-order valence-corrected chi connectivity index (χ1v) is 4.51. The summed E-state index contributed by atoms with van der Waals surface area (Å²) in [6, 6.07) is 6.04. The molecule has 0 spiro atoms. The van der Waals surface area contributed by atoms with Gasteiger partial charge in [0, 0.05) is 12.7 Å². The number of aromatic nitrogens is 1. The molecule has 2 rings (SSSR count). The summed E-state index contributed by atoms with van der Waals surface area (Å²) < 4.78 is 5.27. The molecule has 1 aromatic heterocycles. The maximum absolute atomic E-state index is 5.27. The molecule has 0 saturated carbocycles. The van der Waals surface area contributed by atoms with Gasteiger partial charge in [-0.3, -0.25) is 4.98 Å². The van der Waals surface area contributed by atoms with Gasteiger partial charge >= 0.3 is 0 Å². The molecule has 1 aliphatic heterocycles. The quantitative estimate of drug-likeness (QED) is 0.734. The maximum Gasteiger partial charge on any atom is 0.0716 e. The lowest BCUT2D eigenvalue weighted by Gasteiger charge is -2.40. The molecule has 1 saturated heterocycles. The third kappa shape index (κ3) is 1.45. The first kappa shape index (κ1) is 8.66. The number of nitrogens with zero attached hydrogens (tertiary/aromatic N) is 1. The van der Waals surface area contributed by atoms with Crippen molar-refractivity contribution < 1.29 is 4.74 Å². The van der Waals surface area contributed by atoms with Crippen molar-refractivity contribution in [2.75, 3.05) is 26.8 Å². The highest BCUT2D eigenvalue weighted by Gasteiger charge is 2.40. The van der Waals surface area contributed by atoms with Crippen molar-refractivity contribution in [2.24, 2.45) is 0 Å². The van der Waals surface area contributed by atoms with E-state index in [-0.39, 0.29) is 5.41 Å². The van der Waals surface area contributed by atoms with E-state index in [0.29, 0.717) is 0 Å². The molecule has 70 valence electrons. The zero-order chi connectivity index (χ0) is 9.15. The number of nitrogens with one attached hydrogen (secondary N) is 1. The van der Waals surface area contributed by atoms with Gasteiger partial charge in [-0.2, -0.15) is 0 Å². The van der Waals surface area contributed by atoms with Gasteiger partial charge < -0.3 is 10.1 Å². The molecule has 0 aromatic carbocycles. The summed E-state index contributed by atoms with van der Waals surface area (Å²) in [5.74, 6) is 0. The fourth-order valence-electron chi connectivity index (χ4n) is 1.70. The van der Waals surface area contributed by atoms with Gasteiger partial charge in [0.15, 0.2) is 0 Å². The molecule has 0 atom stereocenters. The number of hydrogen-bond acceptors (Lipinski definition) is 3. The minimum absolute atomic E-state index is 0.121. The van der Waals surface area contributed by atoms with Gasteiger partial charge in [0.25, 0.3) is 0 Å². The topological polar surface area (TPSA) is 34.2 Å². The van der Waals surface area contributed by atoms with Crippen LogP contribution in [0.2, 0.25) is 0 Å². The van der Waals surface area contributed by atoms with Crippen LogP contribution in [-0.4, -0.2) is 31.8 Å². The van der Waals surface area contributed by atoms with E-state index in [2.05, 4.69) is 16.4 Å². The zero-order valence-corrected chi connectivity index (χ0v) is 7.79. The molecule has 1 fully saturated rings. The normalized spacial score (nSPS) is 19.5. The molecule has 0 aliphatic carbocycles. The number of rotatable bonds is 3. The van der Waals surface area contributed by atoms with E-state index in [1.165, 1.54) is 0 Å². The molecule has 3 heteroatoms. The minimum atomic E-state index is 0.121. The molecular weight excluding hydrogens is 164 g/mol.